The average molecular weight is 795 g/mol. The van der Waals surface area contributed by atoms with Gasteiger partial charge in [-0.15, -0.1) is 0 Å². The molecule has 2 nitrogen and oxygen atoms in total. The van der Waals surface area contributed by atoms with Crippen LogP contribution in [0.3, 0.4) is 0 Å². The second-order valence-electron chi connectivity index (χ2n) is 12.0. The number of aryl methyl sites for hydroxylation is 6. The Morgan fingerprint density at radius 3 is 0.841 bits per heavy atom. The van der Waals surface area contributed by atoms with Crippen LogP contribution in [-0.4, -0.2) is 84.1 Å². The molecule has 0 saturated carbocycles. The first-order chi connectivity index (χ1) is 18.4. The smallest absolute Gasteiger partial charge is 1.00 e. The van der Waals surface area contributed by atoms with Gasteiger partial charge in [-0.25, -0.2) is 0 Å². The van der Waals surface area contributed by atoms with Gasteiger partial charge in [0.05, 0.1) is 0 Å². The molecule has 0 unspecified atom stereocenters. The first kappa shape index (κ1) is 57.5. The van der Waals surface area contributed by atoms with Crippen LogP contribution in [0.25, 0.3) is 0 Å². The van der Waals surface area contributed by atoms with E-state index in [9.17, 15) is 0 Å². The zero-order valence-corrected chi connectivity index (χ0v) is 38.8. The maximum atomic E-state index is 4.83. The summed E-state index contributed by atoms with van der Waals surface area (Å²) < 4.78 is 9.67. The Hall–Kier alpha value is 1.19. The number of rotatable bonds is 6. The van der Waals surface area contributed by atoms with Gasteiger partial charge in [-0.2, -0.15) is 10.8 Å². The molecule has 0 spiro atoms. The van der Waals surface area contributed by atoms with Crippen LogP contribution in [0.15, 0.2) is 24.3 Å². The van der Waals surface area contributed by atoms with E-state index in [-0.39, 0.29) is 90.9 Å². The van der Waals surface area contributed by atoms with E-state index < -0.39 is 0 Å². The van der Waals surface area contributed by atoms with E-state index in [4.69, 9.17) is 9.47 Å². The fourth-order valence-electron chi connectivity index (χ4n) is 3.55. The Bertz CT molecular complexity index is 912. The van der Waals surface area contributed by atoms with Crippen molar-refractivity contribution < 1.29 is 43.4 Å². The van der Waals surface area contributed by atoms with Crippen molar-refractivity contribution in [2.75, 3.05) is 26.4 Å². The first-order valence-corrected chi connectivity index (χ1v) is 16.5. The Morgan fingerprint density at radius 2 is 0.705 bits per heavy atom. The molecule has 44 heavy (non-hydrogen) atoms. The number of hydrogen-bond donors (Lipinski definition) is 0. The van der Waals surface area contributed by atoms with E-state index in [0.717, 1.165) is 26.4 Å². The molecule has 0 heterocycles. The fourth-order valence-corrected chi connectivity index (χ4v) is 5.41. The van der Waals surface area contributed by atoms with Gasteiger partial charge in [-0.1, -0.05) is 76.9 Å². The molecule has 8 heteroatoms. The Labute approximate surface area is 330 Å². The van der Waals surface area contributed by atoms with Crippen molar-refractivity contribution in [3.8, 4) is 0 Å². The van der Waals surface area contributed by atoms with Gasteiger partial charge in [0.15, 0.2) is 0 Å². The minimum Gasteiger partial charge on any atom is -1.00 e. The van der Waals surface area contributed by atoms with Crippen molar-refractivity contribution in [2.45, 2.75) is 111 Å². The second kappa shape index (κ2) is 31.5. The minimum atomic E-state index is 0. The van der Waals surface area contributed by atoms with E-state index in [1.807, 2.05) is 27.7 Å². The van der Waals surface area contributed by atoms with Crippen molar-refractivity contribution in [3.63, 3.8) is 0 Å². The van der Waals surface area contributed by atoms with Crippen LogP contribution < -0.4 is 44.6 Å². The van der Waals surface area contributed by atoms with Crippen LogP contribution in [0.1, 0.15) is 103 Å². The van der Waals surface area contributed by atoms with Gasteiger partial charge in [-0.3, -0.25) is 16.4 Å². The molecule has 0 N–H and O–H groups in total. The van der Waals surface area contributed by atoms with Gasteiger partial charge in [0.25, 0.3) is 0 Å². The van der Waals surface area contributed by atoms with Gasteiger partial charge >= 0.3 is 46.1 Å². The number of benzene rings is 2. The average Bonchev–Trinajstić information content (AvgIpc) is 2.78. The zero-order chi connectivity index (χ0) is 31.5. The quantitative estimate of drug-likeness (QED) is 0.255. The van der Waals surface area contributed by atoms with Crippen molar-refractivity contribution in [1.29, 1.82) is 0 Å². The number of hydrogen-bond acceptors (Lipinski definition) is 2. The van der Waals surface area contributed by atoms with Crippen LogP contribution in [0.2, 0.25) is 0 Å². The third kappa shape index (κ3) is 31.8. The summed E-state index contributed by atoms with van der Waals surface area (Å²) in [6.07, 6.45) is 0. The van der Waals surface area contributed by atoms with Gasteiger partial charge in [-0.05, 0) is 102 Å². The van der Waals surface area contributed by atoms with Gasteiger partial charge in [0, 0.05) is 26.4 Å². The fraction of sp³-hybridized carbons (Fsp3) is 0.611. The molecule has 0 radical (unpaired) electrons. The summed E-state index contributed by atoms with van der Waals surface area (Å²) in [4.78, 5) is 0. The molecule has 2 aromatic rings. The number of ether oxygens (including phenoxy) is 2. The van der Waals surface area contributed by atoms with Crippen molar-refractivity contribution in [2.24, 2.45) is 10.8 Å². The van der Waals surface area contributed by atoms with E-state index in [1.165, 1.54) is 60.4 Å². The van der Waals surface area contributed by atoms with Crippen LogP contribution in [0.5, 0.6) is 0 Å². The molecule has 244 valence electrons. The maximum absolute atomic E-state index is 4.83. The van der Waals surface area contributed by atoms with E-state index in [0.29, 0.717) is 0 Å². The monoisotopic (exact) mass is 792 g/mol. The summed E-state index contributed by atoms with van der Waals surface area (Å²) in [6.45, 7) is 37.5. The molecule has 0 aliphatic rings. The molecule has 0 bridgehead atoms. The molecule has 0 atom stereocenters. The molecule has 0 aromatic heterocycles. The molecule has 0 amide bonds. The van der Waals surface area contributed by atoms with Gasteiger partial charge < -0.3 is 55.0 Å². The molecule has 2 aromatic carbocycles. The molecule has 0 saturated heterocycles. The number of halogens is 2. The summed E-state index contributed by atoms with van der Waals surface area (Å²) in [5, 5.41) is 2.83. The van der Waals surface area contributed by atoms with Crippen LogP contribution in [-0.2, 0) is 9.47 Å². The van der Waals surface area contributed by atoms with E-state index >= 15 is 0 Å². The summed E-state index contributed by atoms with van der Waals surface area (Å²) >= 11 is 0. The third-order valence-electron chi connectivity index (χ3n) is 5.09. The SMILES string of the molecule is CCOCC.CCOCC.Cc1cc(C)c(P=[C-]C(C)(C)C)c(C)c1.Cc1cc(C)c(P=[C-]C(C)(C)C)c(C)c1.[Br-].[Br-].[Mg+2].[Mg+2]. The second-order valence-corrected chi connectivity index (χ2v) is 13.8. The van der Waals surface area contributed by atoms with E-state index in [2.05, 4.69) is 119 Å². The summed E-state index contributed by atoms with van der Waals surface area (Å²) in [5.41, 5.74) is 8.56. The van der Waals surface area contributed by atoms with Crippen LogP contribution >= 0.6 is 16.4 Å². The summed E-state index contributed by atoms with van der Waals surface area (Å²) in [7, 11) is 2.44. The largest absolute Gasteiger partial charge is 2.00 e. The molecular weight excluding hydrogens is 735 g/mol. The van der Waals surface area contributed by atoms with Gasteiger partial charge in [0.1, 0.15) is 0 Å². The van der Waals surface area contributed by atoms with Crippen LogP contribution in [0, 0.1) is 52.4 Å². The predicted molar refractivity (Wildman–Crippen MR) is 199 cm³/mol. The summed E-state index contributed by atoms with van der Waals surface area (Å²) in [5.74, 6) is 7.02. The third-order valence-corrected chi connectivity index (χ3v) is 8.52. The molecule has 0 fully saturated rings. The van der Waals surface area contributed by atoms with Crippen LogP contribution in [0.4, 0.5) is 0 Å². The van der Waals surface area contributed by atoms with Crippen molar-refractivity contribution in [3.05, 3.63) is 57.6 Å². The molecular formula is C36H60Br2Mg2O2P2. The molecule has 2 rings (SSSR count). The Morgan fingerprint density at radius 1 is 0.500 bits per heavy atom. The van der Waals surface area contributed by atoms with Crippen molar-refractivity contribution >= 4 is 84.7 Å². The molecule has 0 aliphatic heterocycles. The Kier molecular flexibility index (Phi) is 41.1. The normalized spacial score (nSPS) is 10.4. The first-order valence-electron chi connectivity index (χ1n) is 14.7. The van der Waals surface area contributed by atoms with E-state index in [1.54, 1.807) is 0 Å². The predicted octanol–water partition coefficient (Wildman–Crippen LogP) is 3.15. The zero-order valence-electron chi connectivity index (χ0n) is 31.0. The Balaban J connectivity index is -0.000000118. The topological polar surface area (TPSA) is 18.5 Å². The molecule has 0 aliphatic carbocycles. The van der Waals surface area contributed by atoms with Gasteiger partial charge in [0.2, 0.25) is 0 Å². The standard InChI is InChI=1S/2C14H20P.2C4H10O.2BrH.2Mg/c2*1-10-7-11(2)13(12(3)8-10)15-9-14(4,5)6;2*1-3-5-4-2;;;;/h2*7-8H,1-6H3;2*3-4H2,1-2H3;2*1H;;/q2*-1;;;;;2*+2/p-2. The maximum Gasteiger partial charge on any atom is 2.00 e. The summed E-state index contributed by atoms with van der Waals surface area (Å²) in [6, 6.07) is 9.00. The minimum absolute atomic E-state index is 0. The van der Waals surface area contributed by atoms with Crippen molar-refractivity contribution in [1.82, 2.24) is 0 Å².